The van der Waals surface area contributed by atoms with Crippen LogP contribution in [-0.2, 0) is 6.42 Å². The van der Waals surface area contributed by atoms with Crippen LogP contribution in [0.25, 0.3) is 11.0 Å². The molecule has 7 nitrogen and oxygen atoms in total. The van der Waals surface area contributed by atoms with Crippen LogP contribution in [0.1, 0.15) is 37.3 Å². The van der Waals surface area contributed by atoms with Crippen molar-refractivity contribution >= 4 is 33.2 Å². The van der Waals surface area contributed by atoms with Crippen molar-refractivity contribution in [1.82, 2.24) is 24.8 Å². The maximum Gasteiger partial charge on any atom is 0.145 e. The minimum atomic E-state index is 0.500. The highest BCUT2D eigenvalue weighted by Gasteiger charge is 2.29. The summed E-state index contributed by atoms with van der Waals surface area (Å²) in [5, 5.41) is 9.19. The van der Waals surface area contributed by atoms with Gasteiger partial charge in [0.2, 0.25) is 0 Å². The molecule has 5 rings (SSSR count). The lowest BCUT2D eigenvalue weighted by molar-refractivity contribution is 0.476. The smallest absolute Gasteiger partial charge is 0.145 e. The number of fused-ring (bicyclic) bond motifs is 1. The first kappa shape index (κ1) is 23.8. The van der Waals surface area contributed by atoms with E-state index in [1.54, 1.807) is 17.7 Å². The van der Waals surface area contributed by atoms with E-state index in [1.807, 2.05) is 18.8 Å². The quantitative estimate of drug-likeness (QED) is 0.273. The van der Waals surface area contributed by atoms with Gasteiger partial charge in [0.25, 0.3) is 0 Å². The summed E-state index contributed by atoms with van der Waals surface area (Å²) in [6, 6.07) is 13.3. The van der Waals surface area contributed by atoms with Gasteiger partial charge in [0, 0.05) is 32.4 Å². The molecule has 8 heteroatoms. The van der Waals surface area contributed by atoms with Gasteiger partial charge in [-0.3, -0.25) is 4.98 Å². The van der Waals surface area contributed by atoms with Gasteiger partial charge in [0.05, 0.1) is 17.1 Å². The molecule has 2 atom stereocenters. The number of benzene rings is 1. The Morgan fingerprint density at radius 3 is 2.86 bits per heavy atom. The third-order valence-corrected chi connectivity index (χ3v) is 7.91. The number of hydrogen-bond donors (Lipinski definition) is 2. The minimum absolute atomic E-state index is 0.500. The van der Waals surface area contributed by atoms with Crippen molar-refractivity contribution in [2.75, 3.05) is 43.4 Å². The zero-order chi connectivity index (χ0) is 23.9. The number of rotatable bonds is 12. The molecule has 1 aliphatic carbocycles. The molecule has 0 spiro atoms. The average Bonchev–Trinajstić information content (AvgIpc) is 3.66. The summed E-state index contributed by atoms with van der Waals surface area (Å²) in [6.45, 7) is 4.22. The van der Waals surface area contributed by atoms with Gasteiger partial charge in [-0.1, -0.05) is 30.3 Å². The van der Waals surface area contributed by atoms with Gasteiger partial charge in [0.1, 0.15) is 22.8 Å². The number of aromatic nitrogens is 4. The van der Waals surface area contributed by atoms with E-state index in [1.165, 1.54) is 29.8 Å². The molecule has 0 bridgehead atoms. The first-order valence-electron chi connectivity index (χ1n) is 12.7. The molecule has 35 heavy (non-hydrogen) atoms. The monoisotopic (exact) mass is 489 g/mol. The Balaban J connectivity index is 1.13. The lowest BCUT2D eigenvalue weighted by Crippen LogP contribution is -2.31. The second-order valence-corrected chi connectivity index (χ2v) is 10.3. The molecule has 3 aromatic heterocycles. The second-order valence-electron chi connectivity index (χ2n) is 9.39. The molecule has 0 radical (unpaired) electrons. The highest BCUT2D eigenvalue weighted by molar-refractivity contribution is 7.13. The van der Waals surface area contributed by atoms with Crippen molar-refractivity contribution in [3.8, 4) is 0 Å². The van der Waals surface area contributed by atoms with Crippen LogP contribution in [0.5, 0.6) is 0 Å². The van der Waals surface area contributed by atoms with Crippen LogP contribution < -0.4 is 15.5 Å². The summed E-state index contributed by atoms with van der Waals surface area (Å²) in [5.41, 5.74) is 4.38. The van der Waals surface area contributed by atoms with E-state index >= 15 is 0 Å². The van der Waals surface area contributed by atoms with Gasteiger partial charge in [-0.15, -0.1) is 11.3 Å². The Bertz CT molecular complexity index is 1170. The normalized spacial score (nSPS) is 17.7. The van der Waals surface area contributed by atoms with Gasteiger partial charge < -0.3 is 20.1 Å². The van der Waals surface area contributed by atoms with Gasteiger partial charge in [0.15, 0.2) is 0 Å². The molecule has 3 heterocycles. The van der Waals surface area contributed by atoms with E-state index < -0.39 is 0 Å². The Kier molecular flexibility index (Phi) is 7.90. The highest BCUT2D eigenvalue weighted by atomic mass is 32.1. The predicted octanol–water partition coefficient (Wildman–Crippen LogP) is 5.00. The van der Waals surface area contributed by atoms with Crippen LogP contribution in [0, 0.1) is 5.92 Å². The third-order valence-electron chi connectivity index (χ3n) is 7.08. The fourth-order valence-corrected chi connectivity index (χ4v) is 5.96. The van der Waals surface area contributed by atoms with Gasteiger partial charge in [-0.05, 0) is 62.7 Å². The molecule has 0 saturated heterocycles. The molecule has 184 valence electrons. The lowest BCUT2D eigenvalue weighted by atomic mass is 10.1. The van der Waals surface area contributed by atoms with Crippen LogP contribution in [0.2, 0.25) is 0 Å². The van der Waals surface area contributed by atoms with E-state index in [0.29, 0.717) is 12.0 Å². The Morgan fingerprint density at radius 2 is 2.03 bits per heavy atom. The summed E-state index contributed by atoms with van der Waals surface area (Å²) in [4.78, 5) is 15.9. The first-order chi connectivity index (χ1) is 17.3. The van der Waals surface area contributed by atoms with Crippen LogP contribution in [0.4, 0.5) is 10.8 Å². The van der Waals surface area contributed by atoms with Crippen molar-refractivity contribution in [1.29, 1.82) is 0 Å². The van der Waals surface area contributed by atoms with Crippen LogP contribution in [-0.4, -0.2) is 52.7 Å². The van der Waals surface area contributed by atoms with Crippen LogP contribution in [0.15, 0.2) is 60.6 Å². The predicted molar refractivity (Wildman–Crippen MR) is 145 cm³/mol. The Labute approximate surface area is 211 Å². The van der Waals surface area contributed by atoms with E-state index in [0.717, 1.165) is 55.9 Å². The number of hydrogen-bond acceptors (Lipinski definition) is 7. The van der Waals surface area contributed by atoms with Gasteiger partial charge in [-0.2, -0.15) is 0 Å². The first-order valence-corrected chi connectivity index (χ1v) is 13.6. The zero-order valence-electron chi connectivity index (χ0n) is 20.4. The standard InChI is InChI=1S/C27H35N7S/c1-28-26-24-11-15-34(27(24)32-19-31-26)23-9-8-22(16-23)18-33(25-17-30-20-35-25)14-5-12-29-13-10-21-6-3-2-4-7-21/h2-4,6-7,11,15,17,19-20,22-23,29H,5,8-10,12-14,16,18H2,1H3,(H,28,31,32). The van der Waals surface area contributed by atoms with Gasteiger partial charge in [-0.25, -0.2) is 9.97 Å². The summed E-state index contributed by atoms with van der Waals surface area (Å²) in [5.74, 6) is 1.58. The molecule has 0 aliphatic heterocycles. The summed E-state index contributed by atoms with van der Waals surface area (Å²) < 4.78 is 2.37. The van der Waals surface area contributed by atoms with E-state index in [4.69, 9.17) is 0 Å². The topological polar surface area (TPSA) is 70.9 Å². The van der Waals surface area contributed by atoms with E-state index in [-0.39, 0.29) is 0 Å². The summed E-state index contributed by atoms with van der Waals surface area (Å²) in [7, 11) is 1.91. The molecular weight excluding hydrogens is 454 g/mol. The SMILES string of the molecule is CNc1ncnc2c1ccn2C1CCC(CN(CCCNCCc2ccccc2)c2cncs2)C1. The Morgan fingerprint density at radius 1 is 1.11 bits per heavy atom. The van der Waals surface area contributed by atoms with Crippen molar-refractivity contribution in [2.24, 2.45) is 5.92 Å². The number of anilines is 2. The van der Waals surface area contributed by atoms with Crippen molar-refractivity contribution in [2.45, 2.75) is 38.1 Å². The number of nitrogens with zero attached hydrogens (tertiary/aromatic N) is 5. The average molecular weight is 490 g/mol. The highest BCUT2D eigenvalue weighted by Crippen LogP contribution is 2.38. The maximum atomic E-state index is 4.59. The fourth-order valence-electron chi connectivity index (χ4n) is 5.30. The largest absolute Gasteiger partial charge is 0.372 e. The van der Waals surface area contributed by atoms with E-state index in [9.17, 15) is 0 Å². The van der Waals surface area contributed by atoms with Crippen molar-refractivity contribution < 1.29 is 0 Å². The molecule has 2 unspecified atom stereocenters. The third kappa shape index (κ3) is 5.82. The molecule has 1 saturated carbocycles. The summed E-state index contributed by atoms with van der Waals surface area (Å²) in [6.07, 6.45) is 11.7. The second kappa shape index (κ2) is 11.6. The molecule has 1 fully saturated rings. The molecule has 2 N–H and O–H groups in total. The fraction of sp³-hybridized carbons (Fsp3) is 0.444. The number of nitrogens with one attached hydrogen (secondary N) is 2. The van der Waals surface area contributed by atoms with Crippen LogP contribution in [0.3, 0.4) is 0 Å². The number of thiazole rings is 1. The zero-order valence-corrected chi connectivity index (χ0v) is 21.3. The minimum Gasteiger partial charge on any atom is -0.372 e. The van der Waals surface area contributed by atoms with Crippen molar-refractivity contribution in [3.05, 3.63) is 66.2 Å². The molecular formula is C27H35N7S. The molecule has 4 aromatic rings. The molecule has 1 aliphatic rings. The summed E-state index contributed by atoms with van der Waals surface area (Å²) >= 11 is 1.75. The van der Waals surface area contributed by atoms with Crippen LogP contribution >= 0.6 is 11.3 Å². The lowest BCUT2D eigenvalue weighted by Gasteiger charge is -2.26. The Hall–Kier alpha value is -2.97. The van der Waals surface area contributed by atoms with Gasteiger partial charge >= 0.3 is 0 Å². The molecule has 1 aromatic carbocycles. The molecule has 0 amide bonds. The van der Waals surface area contributed by atoms with Crippen molar-refractivity contribution in [3.63, 3.8) is 0 Å². The maximum absolute atomic E-state index is 4.59. The van der Waals surface area contributed by atoms with E-state index in [2.05, 4.69) is 77.6 Å².